The number of nitrogens with one attached hydrogen (secondary N) is 1. The topological polar surface area (TPSA) is 97.3 Å². The second-order valence-corrected chi connectivity index (χ2v) is 10.2. The number of sulfonamides is 1. The lowest BCUT2D eigenvalue weighted by Crippen LogP contribution is -2.22. The minimum atomic E-state index is -3.55. The lowest BCUT2D eigenvalue weighted by Gasteiger charge is -2.11. The van der Waals surface area contributed by atoms with Gasteiger partial charge in [0.05, 0.1) is 15.9 Å². The molecule has 2 aromatic heterocycles. The summed E-state index contributed by atoms with van der Waals surface area (Å²) in [6, 6.07) is 13.0. The monoisotopic (exact) mass is 468 g/mol. The summed E-state index contributed by atoms with van der Waals surface area (Å²) in [4.78, 5) is 20.3. The summed E-state index contributed by atoms with van der Waals surface area (Å²) >= 11 is 0. The first-order valence-corrected chi connectivity index (χ1v) is 12.4. The fraction of sp³-hybridized carbons (Fsp3) is 0.333. The zero-order valence-corrected chi connectivity index (χ0v) is 19.9. The number of H-pyrrole nitrogens is 1. The van der Waals surface area contributed by atoms with E-state index in [1.54, 1.807) is 18.2 Å². The molecular formula is C24H28N4O4S. The van der Waals surface area contributed by atoms with Crippen LogP contribution in [-0.4, -0.2) is 47.3 Å². The van der Waals surface area contributed by atoms with E-state index in [1.165, 1.54) is 29.4 Å². The van der Waals surface area contributed by atoms with Gasteiger partial charge in [-0.1, -0.05) is 18.2 Å². The number of hydrogen-bond acceptors (Lipinski definition) is 5. The Morgan fingerprint density at radius 2 is 1.97 bits per heavy atom. The van der Waals surface area contributed by atoms with E-state index in [2.05, 4.69) is 16.0 Å². The Hall–Kier alpha value is -3.17. The van der Waals surface area contributed by atoms with Gasteiger partial charge in [0.2, 0.25) is 10.0 Å². The minimum absolute atomic E-state index is 0.0458. The number of ether oxygens (including phenoxy) is 1. The molecule has 4 rings (SSSR count). The highest BCUT2D eigenvalue weighted by Crippen LogP contribution is 2.23. The maximum absolute atomic E-state index is 12.4. The Labute approximate surface area is 193 Å². The van der Waals surface area contributed by atoms with Gasteiger partial charge in [0.1, 0.15) is 12.4 Å². The number of rotatable bonds is 9. The Morgan fingerprint density at radius 3 is 2.73 bits per heavy atom. The normalized spacial score (nSPS) is 12.1. The van der Waals surface area contributed by atoms with Crippen molar-refractivity contribution in [1.82, 2.24) is 18.8 Å². The minimum Gasteiger partial charge on any atom is -0.458 e. The molecule has 8 nitrogen and oxygen atoms in total. The third-order valence-electron chi connectivity index (χ3n) is 5.76. The van der Waals surface area contributed by atoms with E-state index < -0.39 is 10.0 Å². The molecule has 9 heteroatoms. The van der Waals surface area contributed by atoms with Gasteiger partial charge in [-0.2, -0.15) is 0 Å². The van der Waals surface area contributed by atoms with Crippen molar-refractivity contribution in [2.75, 3.05) is 14.1 Å². The molecular weight excluding hydrogens is 440 g/mol. The van der Waals surface area contributed by atoms with E-state index in [1.807, 2.05) is 35.9 Å². The van der Waals surface area contributed by atoms with Crippen molar-refractivity contribution >= 4 is 37.9 Å². The predicted octanol–water partition coefficient (Wildman–Crippen LogP) is 3.85. The quantitative estimate of drug-likeness (QED) is 0.376. The number of para-hydroxylation sites is 1. The van der Waals surface area contributed by atoms with Crippen LogP contribution in [0.3, 0.4) is 0 Å². The van der Waals surface area contributed by atoms with E-state index in [0.29, 0.717) is 30.7 Å². The van der Waals surface area contributed by atoms with E-state index >= 15 is 0 Å². The van der Waals surface area contributed by atoms with Crippen molar-refractivity contribution in [3.05, 3.63) is 60.0 Å². The molecule has 0 saturated heterocycles. The van der Waals surface area contributed by atoms with Crippen LogP contribution in [0.2, 0.25) is 0 Å². The van der Waals surface area contributed by atoms with Gasteiger partial charge in [-0.05, 0) is 49.6 Å². The van der Waals surface area contributed by atoms with Crippen molar-refractivity contribution < 1.29 is 17.9 Å². The summed E-state index contributed by atoms with van der Waals surface area (Å²) in [5.41, 5.74) is 3.65. The van der Waals surface area contributed by atoms with Crippen LogP contribution in [0, 0.1) is 0 Å². The Morgan fingerprint density at radius 1 is 1.18 bits per heavy atom. The number of aromatic nitrogens is 3. The zero-order valence-electron chi connectivity index (χ0n) is 19.0. The fourth-order valence-corrected chi connectivity index (χ4v) is 4.89. The maximum Gasteiger partial charge on any atom is 0.306 e. The molecule has 2 heterocycles. The molecule has 2 aromatic carbocycles. The molecule has 0 amide bonds. The Bertz CT molecular complexity index is 1400. The van der Waals surface area contributed by atoms with E-state index in [0.717, 1.165) is 17.5 Å². The molecule has 174 valence electrons. The van der Waals surface area contributed by atoms with Crippen LogP contribution in [0.25, 0.3) is 21.9 Å². The van der Waals surface area contributed by atoms with Gasteiger partial charge in [-0.15, -0.1) is 0 Å². The molecule has 0 unspecified atom stereocenters. The summed E-state index contributed by atoms with van der Waals surface area (Å²) in [6.45, 7) is 2.64. The number of nitrogens with zero attached hydrogens (tertiary/aromatic N) is 3. The van der Waals surface area contributed by atoms with Crippen LogP contribution in [0.5, 0.6) is 0 Å². The summed E-state index contributed by atoms with van der Waals surface area (Å²) in [7, 11) is -0.563. The first kappa shape index (κ1) is 23.0. The Balaban J connectivity index is 1.40. The molecule has 33 heavy (non-hydrogen) atoms. The molecule has 4 aromatic rings. The van der Waals surface area contributed by atoms with Gasteiger partial charge in [-0.25, -0.2) is 17.7 Å². The van der Waals surface area contributed by atoms with Crippen LogP contribution in [0.1, 0.15) is 31.2 Å². The molecule has 0 saturated carbocycles. The van der Waals surface area contributed by atoms with Crippen molar-refractivity contribution in [3.8, 4) is 0 Å². The number of fused-ring (bicyclic) bond motifs is 2. The second-order valence-electron chi connectivity index (χ2n) is 8.08. The van der Waals surface area contributed by atoms with Crippen molar-refractivity contribution in [1.29, 1.82) is 0 Å². The first-order valence-electron chi connectivity index (χ1n) is 10.9. The molecule has 0 aliphatic rings. The Kier molecular flexibility index (Phi) is 6.53. The first-order chi connectivity index (χ1) is 15.8. The number of carbonyl (C=O) groups is 1. The number of aromatic amines is 1. The highest BCUT2D eigenvalue weighted by atomic mass is 32.2. The largest absolute Gasteiger partial charge is 0.458 e. The number of imidazole rings is 1. The SMILES string of the molecule is CCn1c(COC(=O)CCCc2c[nH]c3ccccc23)nc2cc(S(=O)(=O)N(C)C)ccc21. The van der Waals surface area contributed by atoms with E-state index in [4.69, 9.17) is 4.74 Å². The molecule has 1 N–H and O–H groups in total. The summed E-state index contributed by atoms with van der Waals surface area (Å²) < 4.78 is 33.4. The fourth-order valence-electron chi connectivity index (χ4n) is 3.97. The summed E-state index contributed by atoms with van der Waals surface area (Å²) in [5.74, 6) is 0.317. The molecule has 0 fully saturated rings. The molecule has 0 atom stereocenters. The van der Waals surface area contributed by atoms with E-state index in [9.17, 15) is 13.2 Å². The van der Waals surface area contributed by atoms with Gasteiger partial charge in [0.25, 0.3) is 0 Å². The number of esters is 1. The van der Waals surface area contributed by atoms with Gasteiger partial charge in [0.15, 0.2) is 0 Å². The van der Waals surface area contributed by atoms with Crippen LogP contribution >= 0.6 is 0 Å². The van der Waals surface area contributed by atoms with Gasteiger partial charge in [-0.3, -0.25) is 4.79 Å². The zero-order chi connectivity index (χ0) is 23.6. The molecule has 0 radical (unpaired) electrons. The molecule has 0 spiro atoms. The van der Waals surface area contributed by atoms with Gasteiger partial charge in [0, 0.05) is 44.2 Å². The average Bonchev–Trinajstić information content (AvgIpc) is 3.37. The predicted molar refractivity (Wildman–Crippen MR) is 127 cm³/mol. The number of aryl methyl sites for hydroxylation is 2. The van der Waals surface area contributed by atoms with Crippen molar-refractivity contribution in [2.45, 2.75) is 44.2 Å². The summed E-state index contributed by atoms with van der Waals surface area (Å²) in [5, 5.41) is 1.18. The third kappa shape index (κ3) is 4.65. The third-order valence-corrected chi connectivity index (χ3v) is 7.57. The maximum atomic E-state index is 12.4. The summed E-state index contributed by atoms with van der Waals surface area (Å²) in [6.07, 6.45) is 3.79. The molecule has 0 bridgehead atoms. The second kappa shape index (κ2) is 9.36. The standard InChI is InChI=1S/C24H28N4O4S/c1-4-28-22-13-12-18(33(30,31)27(2)3)14-21(22)26-23(28)16-32-24(29)11-7-8-17-15-25-20-10-6-5-9-19(17)20/h5-6,9-10,12-15,25H,4,7-8,11,16H2,1-3H3. The average molecular weight is 469 g/mol. The lowest BCUT2D eigenvalue weighted by molar-refractivity contribution is -0.145. The van der Waals surface area contributed by atoms with Crippen LogP contribution in [-0.2, 0) is 39.1 Å². The molecule has 0 aliphatic heterocycles. The number of benzene rings is 2. The van der Waals surface area contributed by atoms with Crippen LogP contribution in [0.15, 0.2) is 53.6 Å². The number of carbonyl (C=O) groups excluding carboxylic acids is 1. The smallest absolute Gasteiger partial charge is 0.306 e. The van der Waals surface area contributed by atoms with Crippen molar-refractivity contribution in [2.24, 2.45) is 0 Å². The van der Waals surface area contributed by atoms with Crippen LogP contribution < -0.4 is 0 Å². The van der Waals surface area contributed by atoms with Crippen LogP contribution in [0.4, 0.5) is 0 Å². The van der Waals surface area contributed by atoms with E-state index in [-0.39, 0.29) is 17.5 Å². The molecule has 0 aliphatic carbocycles. The van der Waals surface area contributed by atoms with Gasteiger partial charge >= 0.3 is 5.97 Å². The highest BCUT2D eigenvalue weighted by molar-refractivity contribution is 7.89. The van der Waals surface area contributed by atoms with Crippen molar-refractivity contribution in [3.63, 3.8) is 0 Å². The highest BCUT2D eigenvalue weighted by Gasteiger charge is 2.20. The lowest BCUT2D eigenvalue weighted by atomic mass is 10.1. The number of hydrogen-bond donors (Lipinski definition) is 1. The van der Waals surface area contributed by atoms with Gasteiger partial charge < -0.3 is 14.3 Å².